The summed E-state index contributed by atoms with van der Waals surface area (Å²) in [6, 6.07) is 9.93. The average Bonchev–Trinajstić information content (AvgIpc) is 3.00. The normalized spacial score (nSPS) is 10.8. The van der Waals surface area contributed by atoms with Gasteiger partial charge in [0, 0.05) is 18.0 Å². The third-order valence-corrected chi connectivity index (χ3v) is 4.60. The average molecular weight is 339 g/mol. The Hall–Kier alpha value is -2.67. The van der Waals surface area contributed by atoms with Crippen molar-refractivity contribution in [3.63, 3.8) is 0 Å². The third-order valence-electron chi connectivity index (χ3n) is 3.65. The number of nitrogens with two attached hydrogens (primary N) is 1. The second-order valence-corrected chi connectivity index (χ2v) is 6.35. The molecular formula is C17H17N5OS. The lowest BCUT2D eigenvalue weighted by atomic mass is 10.1. The van der Waals surface area contributed by atoms with E-state index in [-0.39, 0.29) is 5.75 Å². The van der Waals surface area contributed by atoms with Crippen molar-refractivity contribution in [3.05, 3.63) is 53.9 Å². The van der Waals surface area contributed by atoms with Gasteiger partial charge in [0.15, 0.2) is 11.0 Å². The fourth-order valence-corrected chi connectivity index (χ4v) is 2.97. The number of primary amides is 1. The van der Waals surface area contributed by atoms with Crippen LogP contribution in [0.1, 0.15) is 11.1 Å². The van der Waals surface area contributed by atoms with Crippen molar-refractivity contribution >= 4 is 17.7 Å². The van der Waals surface area contributed by atoms with Crippen molar-refractivity contribution in [1.29, 1.82) is 0 Å². The van der Waals surface area contributed by atoms with Crippen molar-refractivity contribution < 1.29 is 4.79 Å². The quantitative estimate of drug-likeness (QED) is 0.722. The van der Waals surface area contributed by atoms with Crippen molar-refractivity contribution in [1.82, 2.24) is 19.7 Å². The minimum atomic E-state index is -0.391. The first-order valence-corrected chi connectivity index (χ1v) is 8.39. The van der Waals surface area contributed by atoms with E-state index in [2.05, 4.69) is 41.2 Å². The van der Waals surface area contributed by atoms with E-state index in [0.29, 0.717) is 11.0 Å². The van der Waals surface area contributed by atoms with E-state index in [4.69, 9.17) is 5.73 Å². The highest BCUT2D eigenvalue weighted by atomic mass is 32.2. The lowest BCUT2D eigenvalue weighted by Gasteiger charge is -2.11. The summed E-state index contributed by atoms with van der Waals surface area (Å²) in [6.07, 6.45) is 3.45. The van der Waals surface area contributed by atoms with E-state index in [1.165, 1.54) is 22.9 Å². The highest BCUT2D eigenvalue weighted by Crippen LogP contribution is 2.28. The predicted octanol–water partition coefficient (Wildman–Crippen LogP) is 2.52. The zero-order valence-electron chi connectivity index (χ0n) is 13.4. The number of hydrogen-bond acceptors (Lipinski definition) is 5. The number of amides is 1. The first kappa shape index (κ1) is 16.2. The largest absolute Gasteiger partial charge is 0.369 e. The molecule has 0 aliphatic rings. The molecular weight excluding hydrogens is 322 g/mol. The lowest BCUT2D eigenvalue weighted by molar-refractivity contribution is -0.115. The molecule has 0 spiro atoms. The lowest BCUT2D eigenvalue weighted by Crippen LogP contribution is -2.13. The van der Waals surface area contributed by atoms with Gasteiger partial charge < -0.3 is 5.73 Å². The molecule has 122 valence electrons. The Balaban J connectivity index is 2.13. The summed E-state index contributed by atoms with van der Waals surface area (Å²) in [7, 11) is 0. The van der Waals surface area contributed by atoms with Crippen molar-refractivity contribution in [2.24, 2.45) is 5.73 Å². The van der Waals surface area contributed by atoms with Gasteiger partial charge in [-0.3, -0.25) is 14.3 Å². The van der Waals surface area contributed by atoms with Gasteiger partial charge in [0.1, 0.15) is 0 Å². The van der Waals surface area contributed by atoms with Crippen LogP contribution in [0, 0.1) is 13.8 Å². The Morgan fingerprint density at radius 1 is 1.21 bits per heavy atom. The molecule has 0 saturated carbocycles. The summed E-state index contributed by atoms with van der Waals surface area (Å²) in [5.74, 6) is 0.437. The first-order chi connectivity index (χ1) is 11.6. The fraction of sp³-hybridized carbons (Fsp3) is 0.176. The van der Waals surface area contributed by atoms with Gasteiger partial charge in [0.05, 0.1) is 11.4 Å². The molecule has 0 saturated heterocycles. The zero-order valence-corrected chi connectivity index (χ0v) is 14.2. The molecule has 0 fully saturated rings. The summed E-state index contributed by atoms with van der Waals surface area (Å²) in [5, 5.41) is 9.15. The second-order valence-electron chi connectivity index (χ2n) is 5.41. The van der Waals surface area contributed by atoms with E-state index in [9.17, 15) is 4.79 Å². The van der Waals surface area contributed by atoms with Crippen LogP contribution in [0.4, 0.5) is 0 Å². The number of thioether (sulfide) groups is 1. The summed E-state index contributed by atoms with van der Waals surface area (Å²) >= 11 is 1.27. The number of carbonyl (C=O) groups excluding carboxylic acids is 1. The smallest absolute Gasteiger partial charge is 0.227 e. The molecule has 0 aliphatic carbocycles. The number of hydrogen-bond donors (Lipinski definition) is 1. The molecule has 0 radical (unpaired) electrons. The standard InChI is InChI=1S/C17H17N5OS/c1-11-5-6-14(8-12(11)2)22-16(13-4-3-7-19-9-13)20-21-17(22)24-10-15(18)23/h3-9H,10H2,1-2H3,(H2,18,23). The number of carbonyl (C=O) groups is 1. The van der Waals surface area contributed by atoms with Gasteiger partial charge in [-0.25, -0.2) is 0 Å². The Morgan fingerprint density at radius 3 is 2.71 bits per heavy atom. The minimum absolute atomic E-state index is 0.149. The van der Waals surface area contributed by atoms with Crippen LogP contribution in [0.3, 0.4) is 0 Å². The van der Waals surface area contributed by atoms with Gasteiger partial charge in [-0.15, -0.1) is 10.2 Å². The van der Waals surface area contributed by atoms with Crippen LogP contribution >= 0.6 is 11.8 Å². The monoisotopic (exact) mass is 339 g/mol. The van der Waals surface area contributed by atoms with Gasteiger partial charge in [-0.1, -0.05) is 17.8 Å². The van der Waals surface area contributed by atoms with Crippen LogP contribution in [-0.4, -0.2) is 31.4 Å². The van der Waals surface area contributed by atoms with Gasteiger partial charge in [-0.05, 0) is 49.2 Å². The van der Waals surface area contributed by atoms with Crippen LogP contribution in [0.15, 0.2) is 47.9 Å². The molecule has 1 amide bonds. The maximum Gasteiger partial charge on any atom is 0.227 e. The molecule has 1 aromatic carbocycles. The molecule has 6 nitrogen and oxygen atoms in total. The highest BCUT2D eigenvalue weighted by molar-refractivity contribution is 7.99. The van der Waals surface area contributed by atoms with E-state index in [1.807, 2.05) is 22.8 Å². The molecule has 2 aromatic heterocycles. The first-order valence-electron chi connectivity index (χ1n) is 7.41. The third kappa shape index (κ3) is 3.30. The Kier molecular flexibility index (Phi) is 4.61. The second kappa shape index (κ2) is 6.84. The van der Waals surface area contributed by atoms with Crippen molar-refractivity contribution in [2.75, 3.05) is 5.75 Å². The Bertz CT molecular complexity index is 876. The predicted molar refractivity (Wildman–Crippen MR) is 94.0 cm³/mol. The molecule has 2 N–H and O–H groups in total. The van der Waals surface area contributed by atoms with Gasteiger partial charge in [0.2, 0.25) is 5.91 Å². The number of aromatic nitrogens is 4. The fourth-order valence-electron chi connectivity index (χ4n) is 2.28. The molecule has 7 heteroatoms. The van der Waals surface area contributed by atoms with Crippen LogP contribution in [0.2, 0.25) is 0 Å². The van der Waals surface area contributed by atoms with Crippen LogP contribution < -0.4 is 5.73 Å². The van der Waals surface area contributed by atoms with Gasteiger partial charge >= 0.3 is 0 Å². The number of pyridine rings is 1. The van der Waals surface area contributed by atoms with Crippen LogP contribution in [0.5, 0.6) is 0 Å². The minimum Gasteiger partial charge on any atom is -0.369 e. The molecule has 24 heavy (non-hydrogen) atoms. The van der Waals surface area contributed by atoms with Crippen LogP contribution in [-0.2, 0) is 4.79 Å². The SMILES string of the molecule is Cc1ccc(-n2c(SCC(N)=O)nnc2-c2cccnc2)cc1C. The number of benzene rings is 1. The van der Waals surface area contributed by atoms with E-state index >= 15 is 0 Å². The molecule has 0 atom stereocenters. The van der Waals surface area contributed by atoms with Gasteiger partial charge in [0.25, 0.3) is 0 Å². The van der Waals surface area contributed by atoms with E-state index in [0.717, 1.165) is 11.3 Å². The number of rotatable bonds is 5. The highest BCUT2D eigenvalue weighted by Gasteiger charge is 2.17. The Morgan fingerprint density at radius 2 is 2.04 bits per heavy atom. The van der Waals surface area contributed by atoms with E-state index < -0.39 is 5.91 Å². The summed E-state index contributed by atoms with van der Waals surface area (Å²) in [5.41, 5.74) is 9.44. The Labute approximate surface area is 144 Å². The molecule has 0 bridgehead atoms. The summed E-state index contributed by atoms with van der Waals surface area (Å²) in [4.78, 5) is 15.3. The zero-order chi connectivity index (χ0) is 17.1. The molecule has 3 aromatic rings. The molecule has 0 unspecified atom stereocenters. The molecule has 2 heterocycles. The maximum atomic E-state index is 11.1. The van der Waals surface area contributed by atoms with Crippen molar-refractivity contribution in [2.45, 2.75) is 19.0 Å². The van der Waals surface area contributed by atoms with Gasteiger partial charge in [-0.2, -0.15) is 0 Å². The topological polar surface area (TPSA) is 86.7 Å². The summed E-state index contributed by atoms with van der Waals surface area (Å²) in [6.45, 7) is 4.12. The summed E-state index contributed by atoms with van der Waals surface area (Å²) < 4.78 is 1.93. The number of nitrogens with zero attached hydrogens (tertiary/aromatic N) is 4. The van der Waals surface area contributed by atoms with Crippen LogP contribution in [0.25, 0.3) is 17.1 Å². The molecule has 3 rings (SSSR count). The van der Waals surface area contributed by atoms with Crippen molar-refractivity contribution in [3.8, 4) is 17.1 Å². The van der Waals surface area contributed by atoms with E-state index in [1.54, 1.807) is 12.4 Å². The molecule has 0 aliphatic heterocycles. The number of aryl methyl sites for hydroxylation is 2. The maximum absolute atomic E-state index is 11.1.